The maximum Gasteiger partial charge on any atom is 0.172 e. The van der Waals surface area contributed by atoms with E-state index in [9.17, 15) is 10.2 Å². The van der Waals surface area contributed by atoms with Crippen molar-refractivity contribution in [3.63, 3.8) is 0 Å². The van der Waals surface area contributed by atoms with Gasteiger partial charge in [-0.15, -0.1) is 0 Å². The standard InChI is InChI=1S/C27H42O4/c1-16-23-22(30-27(16)12-11-24(2,15-28)31-27)14-21-19-6-5-17-13-18(29)7-9-25(17,3)20(19)8-10-26(21,23)4/h5,16,18-23,28-29H,6-15H2,1-4H3/t16-,18-,19+,20+,21-,22-,23-,24-,25-,26-,27-/m0/s1. The number of rotatable bonds is 1. The summed E-state index contributed by atoms with van der Waals surface area (Å²) in [4.78, 5) is 0. The first-order chi connectivity index (χ1) is 14.6. The number of aliphatic hydroxyl groups excluding tert-OH is 2. The van der Waals surface area contributed by atoms with Crippen molar-refractivity contribution >= 4 is 0 Å². The molecular formula is C27H42O4. The molecule has 2 aliphatic heterocycles. The van der Waals surface area contributed by atoms with Gasteiger partial charge in [-0.05, 0) is 92.8 Å². The molecule has 5 fully saturated rings. The predicted octanol–water partition coefficient (Wildman–Crippen LogP) is 4.83. The molecule has 4 nitrogen and oxygen atoms in total. The molecule has 0 radical (unpaired) electrons. The van der Waals surface area contributed by atoms with Crippen molar-refractivity contribution in [2.24, 2.45) is 40.4 Å². The Kier molecular flexibility index (Phi) is 4.49. The minimum Gasteiger partial charge on any atom is -0.393 e. The Morgan fingerprint density at radius 2 is 1.87 bits per heavy atom. The van der Waals surface area contributed by atoms with E-state index < -0.39 is 11.4 Å². The van der Waals surface area contributed by atoms with Gasteiger partial charge in [-0.25, -0.2) is 0 Å². The van der Waals surface area contributed by atoms with Crippen LogP contribution in [-0.4, -0.2) is 40.4 Å². The van der Waals surface area contributed by atoms with Gasteiger partial charge in [0.1, 0.15) is 0 Å². The second-order valence-electron chi connectivity index (χ2n) is 12.9. The van der Waals surface area contributed by atoms with E-state index in [1.165, 1.54) is 25.7 Å². The largest absolute Gasteiger partial charge is 0.393 e. The summed E-state index contributed by atoms with van der Waals surface area (Å²) in [5.74, 6) is 2.71. The molecule has 3 saturated carbocycles. The number of fused-ring (bicyclic) bond motifs is 7. The zero-order valence-electron chi connectivity index (χ0n) is 19.9. The summed E-state index contributed by atoms with van der Waals surface area (Å²) in [6, 6.07) is 0. The lowest BCUT2D eigenvalue weighted by Gasteiger charge is -2.58. The quantitative estimate of drug-likeness (QED) is 0.585. The van der Waals surface area contributed by atoms with Crippen LogP contribution in [-0.2, 0) is 9.47 Å². The number of hydrogen-bond acceptors (Lipinski definition) is 4. The Bertz CT molecular complexity index is 794. The second-order valence-corrected chi connectivity index (χ2v) is 12.9. The summed E-state index contributed by atoms with van der Waals surface area (Å²) < 4.78 is 13.4. The Labute approximate surface area is 187 Å². The van der Waals surface area contributed by atoms with Gasteiger partial charge in [-0.2, -0.15) is 0 Å². The number of allylic oxidation sites excluding steroid dienone is 1. The smallest absolute Gasteiger partial charge is 0.172 e. The van der Waals surface area contributed by atoms with Crippen LogP contribution in [0, 0.1) is 40.4 Å². The first-order valence-corrected chi connectivity index (χ1v) is 13.0. The van der Waals surface area contributed by atoms with Crippen molar-refractivity contribution < 1.29 is 19.7 Å². The fourth-order valence-electron chi connectivity index (χ4n) is 9.79. The fourth-order valence-corrected chi connectivity index (χ4v) is 9.79. The molecule has 6 rings (SSSR count). The van der Waals surface area contributed by atoms with Crippen molar-refractivity contribution in [3.05, 3.63) is 11.6 Å². The SMILES string of the molecule is C[C@H]1[C@H]2[C@H](C[C@H]3[C@@H]4CC=C5C[C@@H](O)CC[C@]5(C)[C@@H]4CC[C@]23C)O[C@]12CC[C@@](C)(CO)O2. The molecule has 11 atom stereocenters. The van der Waals surface area contributed by atoms with Crippen LogP contribution in [0.25, 0.3) is 0 Å². The van der Waals surface area contributed by atoms with Crippen molar-refractivity contribution in [2.45, 2.75) is 109 Å². The zero-order chi connectivity index (χ0) is 21.8. The van der Waals surface area contributed by atoms with E-state index in [0.717, 1.165) is 49.9 Å². The Balaban J connectivity index is 1.28. The van der Waals surface area contributed by atoms with Crippen molar-refractivity contribution in [2.75, 3.05) is 6.61 Å². The van der Waals surface area contributed by atoms with Crippen molar-refractivity contribution in [1.82, 2.24) is 0 Å². The molecule has 0 unspecified atom stereocenters. The van der Waals surface area contributed by atoms with Gasteiger partial charge in [-0.3, -0.25) is 0 Å². The summed E-state index contributed by atoms with van der Waals surface area (Å²) in [7, 11) is 0. The van der Waals surface area contributed by atoms with Gasteiger partial charge in [0.25, 0.3) is 0 Å². The molecule has 31 heavy (non-hydrogen) atoms. The molecule has 6 aliphatic rings. The monoisotopic (exact) mass is 430 g/mol. The highest BCUT2D eigenvalue weighted by Gasteiger charge is 2.70. The summed E-state index contributed by atoms with van der Waals surface area (Å²) in [5.41, 5.74) is 1.73. The lowest BCUT2D eigenvalue weighted by Crippen LogP contribution is -2.52. The average molecular weight is 431 g/mol. The molecule has 0 aromatic carbocycles. The topological polar surface area (TPSA) is 58.9 Å². The van der Waals surface area contributed by atoms with Crippen LogP contribution in [0.2, 0.25) is 0 Å². The highest BCUT2D eigenvalue weighted by atomic mass is 16.7. The predicted molar refractivity (Wildman–Crippen MR) is 119 cm³/mol. The van der Waals surface area contributed by atoms with Gasteiger partial charge < -0.3 is 19.7 Å². The van der Waals surface area contributed by atoms with Gasteiger partial charge in [-0.1, -0.05) is 32.4 Å². The summed E-state index contributed by atoms with van der Waals surface area (Å²) >= 11 is 0. The van der Waals surface area contributed by atoms with E-state index in [0.29, 0.717) is 28.8 Å². The van der Waals surface area contributed by atoms with Gasteiger partial charge in [0.15, 0.2) is 5.79 Å². The normalized spacial score (nSPS) is 60.3. The third-order valence-corrected chi connectivity index (χ3v) is 11.5. The molecule has 2 saturated heterocycles. The van der Waals surface area contributed by atoms with E-state index in [4.69, 9.17) is 9.47 Å². The lowest BCUT2D eigenvalue weighted by molar-refractivity contribution is -0.262. The maximum absolute atomic E-state index is 10.3. The average Bonchev–Trinajstić information content (AvgIpc) is 3.32. The Morgan fingerprint density at radius 1 is 1.06 bits per heavy atom. The molecule has 0 bridgehead atoms. The van der Waals surface area contributed by atoms with Gasteiger partial charge in [0.05, 0.1) is 24.4 Å². The third-order valence-electron chi connectivity index (χ3n) is 11.5. The number of ether oxygens (including phenoxy) is 2. The Hall–Kier alpha value is -0.420. The molecule has 1 spiro atoms. The van der Waals surface area contributed by atoms with E-state index in [2.05, 4.69) is 26.8 Å². The van der Waals surface area contributed by atoms with Gasteiger partial charge >= 0.3 is 0 Å². The van der Waals surface area contributed by atoms with Crippen LogP contribution in [0.15, 0.2) is 11.6 Å². The van der Waals surface area contributed by atoms with Crippen LogP contribution < -0.4 is 0 Å². The fraction of sp³-hybridized carbons (Fsp3) is 0.926. The Morgan fingerprint density at radius 3 is 2.61 bits per heavy atom. The minimum atomic E-state index is -0.483. The zero-order valence-corrected chi connectivity index (χ0v) is 19.9. The van der Waals surface area contributed by atoms with Crippen molar-refractivity contribution in [3.8, 4) is 0 Å². The molecule has 0 aromatic rings. The highest BCUT2D eigenvalue weighted by Crippen LogP contribution is 2.71. The van der Waals surface area contributed by atoms with Crippen LogP contribution in [0.3, 0.4) is 0 Å². The third kappa shape index (κ3) is 2.68. The van der Waals surface area contributed by atoms with Crippen LogP contribution in [0.1, 0.15) is 85.5 Å². The van der Waals surface area contributed by atoms with Crippen molar-refractivity contribution in [1.29, 1.82) is 0 Å². The molecule has 0 aromatic heterocycles. The van der Waals surface area contributed by atoms with Gasteiger partial charge in [0.2, 0.25) is 0 Å². The molecular weight excluding hydrogens is 388 g/mol. The van der Waals surface area contributed by atoms with Crippen LogP contribution >= 0.6 is 0 Å². The molecule has 2 heterocycles. The van der Waals surface area contributed by atoms with E-state index >= 15 is 0 Å². The molecule has 4 heteroatoms. The number of hydrogen-bond donors (Lipinski definition) is 2. The molecule has 2 N–H and O–H groups in total. The highest BCUT2D eigenvalue weighted by molar-refractivity contribution is 5.26. The van der Waals surface area contributed by atoms with Gasteiger partial charge in [0, 0.05) is 12.3 Å². The minimum absolute atomic E-state index is 0.0752. The molecule has 174 valence electrons. The molecule has 0 amide bonds. The first kappa shape index (κ1) is 21.1. The maximum atomic E-state index is 10.3. The summed E-state index contributed by atoms with van der Waals surface area (Å²) in [6.45, 7) is 9.57. The lowest BCUT2D eigenvalue weighted by atomic mass is 9.47. The van der Waals surface area contributed by atoms with E-state index in [1.807, 2.05) is 6.92 Å². The summed E-state index contributed by atoms with van der Waals surface area (Å²) in [6.07, 6.45) is 12.5. The first-order valence-electron chi connectivity index (χ1n) is 13.0. The van der Waals surface area contributed by atoms with Crippen LogP contribution in [0.4, 0.5) is 0 Å². The van der Waals surface area contributed by atoms with E-state index in [-0.39, 0.29) is 12.7 Å². The second kappa shape index (κ2) is 6.58. The summed E-state index contributed by atoms with van der Waals surface area (Å²) in [5, 5.41) is 20.1. The van der Waals surface area contributed by atoms with E-state index in [1.54, 1.807) is 5.57 Å². The number of aliphatic hydroxyl groups is 2. The van der Waals surface area contributed by atoms with Crippen LogP contribution in [0.5, 0.6) is 0 Å². The molecule has 4 aliphatic carbocycles.